The maximum absolute atomic E-state index is 13.5. The van der Waals surface area contributed by atoms with Crippen LogP contribution in [0.25, 0.3) is 0 Å². The molecule has 5 heteroatoms. The Bertz CT molecular complexity index is 439. The first-order chi connectivity index (χ1) is 8.90. The van der Waals surface area contributed by atoms with Crippen molar-refractivity contribution in [1.29, 1.82) is 0 Å². The molecule has 106 valence electrons. The second-order valence-corrected chi connectivity index (χ2v) is 6.25. The Morgan fingerprint density at radius 3 is 2.68 bits per heavy atom. The van der Waals surface area contributed by atoms with E-state index < -0.39 is 0 Å². The monoisotopic (exact) mass is 303 g/mol. The summed E-state index contributed by atoms with van der Waals surface area (Å²) in [7, 11) is 0. The summed E-state index contributed by atoms with van der Waals surface area (Å²) in [4.78, 5) is 11.6. The zero-order valence-corrected chi connectivity index (χ0v) is 12.9. The van der Waals surface area contributed by atoms with Crippen molar-refractivity contribution >= 4 is 29.3 Å². The van der Waals surface area contributed by atoms with E-state index in [1.807, 2.05) is 6.92 Å². The Hall–Kier alpha value is -0.740. The molecular formula is C14H19ClFNOS. The highest BCUT2D eigenvalue weighted by Gasteiger charge is 2.11. The average Bonchev–Trinajstić information content (AvgIpc) is 2.31. The van der Waals surface area contributed by atoms with Gasteiger partial charge in [-0.1, -0.05) is 31.5 Å². The fraction of sp³-hybridized carbons (Fsp3) is 0.500. The van der Waals surface area contributed by atoms with Crippen LogP contribution < -0.4 is 5.32 Å². The van der Waals surface area contributed by atoms with Crippen LogP contribution in [0.3, 0.4) is 0 Å². The number of hydrogen-bond donors (Lipinski definition) is 1. The lowest BCUT2D eigenvalue weighted by atomic mass is 10.1. The summed E-state index contributed by atoms with van der Waals surface area (Å²) in [6, 6.07) is 4.75. The molecule has 0 saturated carbocycles. The summed E-state index contributed by atoms with van der Waals surface area (Å²) < 4.78 is 13.5. The van der Waals surface area contributed by atoms with Gasteiger partial charge >= 0.3 is 0 Å². The van der Waals surface area contributed by atoms with Gasteiger partial charge in [0.15, 0.2) is 0 Å². The molecule has 0 radical (unpaired) electrons. The van der Waals surface area contributed by atoms with E-state index in [9.17, 15) is 9.18 Å². The van der Waals surface area contributed by atoms with E-state index in [0.29, 0.717) is 28.0 Å². The molecule has 0 aliphatic rings. The predicted octanol–water partition coefficient (Wildman–Crippen LogP) is 3.87. The normalized spacial score (nSPS) is 12.5. The fourth-order valence-electron chi connectivity index (χ4n) is 1.35. The van der Waals surface area contributed by atoms with Gasteiger partial charge in [0.2, 0.25) is 5.91 Å². The maximum atomic E-state index is 13.5. The van der Waals surface area contributed by atoms with Gasteiger partial charge in [-0.05, 0) is 30.5 Å². The van der Waals surface area contributed by atoms with Crippen molar-refractivity contribution in [3.05, 3.63) is 34.6 Å². The van der Waals surface area contributed by atoms with Crippen LogP contribution in [0.5, 0.6) is 0 Å². The zero-order chi connectivity index (χ0) is 14.4. The zero-order valence-electron chi connectivity index (χ0n) is 11.4. The number of nitrogens with one attached hydrogen (secondary N) is 1. The first-order valence-corrected chi connectivity index (χ1v) is 7.74. The van der Waals surface area contributed by atoms with Crippen LogP contribution in [-0.2, 0) is 10.5 Å². The van der Waals surface area contributed by atoms with Gasteiger partial charge in [0.25, 0.3) is 0 Å². The van der Waals surface area contributed by atoms with Gasteiger partial charge in [-0.3, -0.25) is 4.79 Å². The molecule has 1 unspecified atom stereocenters. The average molecular weight is 304 g/mol. The minimum Gasteiger partial charge on any atom is -0.353 e. The van der Waals surface area contributed by atoms with Crippen molar-refractivity contribution in [1.82, 2.24) is 5.32 Å². The Labute approximate surface area is 123 Å². The predicted molar refractivity (Wildman–Crippen MR) is 80.0 cm³/mol. The lowest BCUT2D eigenvalue weighted by Crippen LogP contribution is -2.37. The second kappa shape index (κ2) is 7.75. The molecule has 0 aliphatic heterocycles. The summed E-state index contributed by atoms with van der Waals surface area (Å²) in [5.74, 6) is 0.866. The van der Waals surface area contributed by atoms with Crippen molar-refractivity contribution in [2.75, 3.05) is 5.75 Å². The first-order valence-electron chi connectivity index (χ1n) is 6.21. The van der Waals surface area contributed by atoms with Crippen molar-refractivity contribution < 1.29 is 9.18 Å². The van der Waals surface area contributed by atoms with Gasteiger partial charge in [0, 0.05) is 16.8 Å². The highest BCUT2D eigenvalue weighted by molar-refractivity contribution is 7.99. The minimum absolute atomic E-state index is 0.0134. The summed E-state index contributed by atoms with van der Waals surface area (Å²) in [5.41, 5.74) is 0.569. The molecule has 19 heavy (non-hydrogen) atoms. The third kappa shape index (κ3) is 5.83. The molecule has 0 aromatic heterocycles. The molecular weight excluding hydrogens is 285 g/mol. The number of halogens is 2. The Balaban J connectivity index is 2.36. The number of benzene rings is 1. The van der Waals surface area contributed by atoms with Crippen molar-refractivity contribution in [2.24, 2.45) is 5.92 Å². The third-order valence-corrected chi connectivity index (χ3v) is 4.11. The van der Waals surface area contributed by atoms with E-state index in [-0.39, 0.29) is 17.8 Å². The highest BCUT2D eigenvalue weighted by Crippen LogP contribution is 2.19. The molecule has 1 aromatic carbocycles. The number of carbonyl (C=O) groups excluding carboxylic acids is 1. The van der Waals surface area contributed by atoms with E-state index >= 15 is 0 Å². The van der Waals surface area contributed by atoms with Crippen LogP contribution in [-0.4, -0.2) is 17.7 Å². The fourth-order valence-corrected chi connectivity index (χ4v) is 2.34. The van der Waals surface area contributed by atoms with Gasteiger partial charge in [0.1, 0.15) is 5.82 Å². The molecule has 1 amide bonds. The maximum Gasteiger partial charge on any atom is 0.230 e. The van der Waals surface area contributed by atoms with Crippen LogP contribution in [0, 0.1) is 11.7 Å². The van der Waals surface area contributed by atoms with Gasteiger partial charge in [-0.15, -0.1) is 11.8 Å². The van der Waals surface area contributed by atoms with E-state index in [1.165, 1.54) is 17.8 Å². The molecule has 1 N–H and O–H groups in total. The Morgan fingerprint density at radius 1 is 1.42 bits per heavy atom. The van der Waals surface area contributed by atoms with Crippen LogP contribution in [0.15, 0.2) is 18.2 Å². The summed E-state index contributed by atoms with van der Waals surface area (Å²) >= 11 is 7.07. The number of amides is 1. The molecule has 0 saturated heterocycles. The summed E-state index contributed by atoms with van der Waals surface area (Å²) in [6.07, 6.45) is 0. The Kier molecular flexibility index (Phi) is 6.66. The first kappa shape index (κ1) is 16.3. The topological polar surface area (TPSA) is 29.1 Å². The standard InChI is InChI=1S/C14H19ClFNOS/c1-9(2)10(3)17-14(18)8-19-7-11-4-5-12(15)6-13(11)16/h4-6,9-10H,7-8H2,1-3H3,(H,17,18). The highest BCUT2D eigenvalue weighted by atomic mass is 35.5. The lowest BCUT2D eigenvalue weighted by molar-refractivity contribution is -0.119. The Morgan fingerprint density at radius 2 is 2.11 bits per heavy atom. The van der Waals surface area contributed by atoms with Gasteiger partial charge in [0.05, 0.1) is 5.75 Å². The third-order valence-electron chi connectivity index (χ3n) is 2.89. The molecule has 1 rings (SSSR count). The molecule has 2 nitrogen and oxygen atoms in total. The molecule has 0 spiro atoms. The van der Waals surface area contributed by atoms with Crippen molar-refractivity contribution in [3.8, 4) is 0 Å². The molecule has 1 atom stereocenters. The van der Waals surface area contributed by atoms with E-state index in [1.54, 1.807) is 12.1 Å². The minimum atomic E-state index is -0.323. The summed E-state index contributed by atoms with van der Waals surface area (Å²) in [6.45, 7) is 6.09. The van der Waals surface area contributed by atoms with E-state index in [2.05, 4.69) is 19.2 Å². The molecule has 0 aliphatic carbocycles. The van der Waals surface area contributed by atoms with Gasteiger partial charge in [-0.2, -0.15) is 0 Å². The van der Waals surface area contributed by atoms with Crippen LogP contribution in [0.2, 0.25) is 5.02 Å². The molecule has 0 bridgehead atoms. The number of hydrogen-bond acceptors (Lipinski definition) is 2. The van der Waals surface area contributed by atoms with Gasteiger partial charge in [-0.25, -0.2) is 4.39 Å². The molecule has 0 fully saturated rings. The van der Waals surface area contributed by atoms with Gasteiger partial charge < -0.3 is 5.32 Å². The van der Waals surface area contributed by atoms with Crippen molar-refractivity contribution in [2.45, 2.75) is 32.6 Å². The smallest absolute Gasteiger partial charge is 0.230 e. The van der Waals surface area contributed by atoms with E-state index in [4.69, 9.17) is 11.6 Å². The van der Waals surface area contributed by atoms with Crippen molar-refractivity contribution in [3.63, 3.8) is 0 Å². The van der Waals surface area contributed by atoms with E-state index in [0.717, 1.165) is 0 Å². The molecule has 0 heterocycles. The number of carbonyl (C=O) groups is 1. The lowest BCUT2D eigenvalue weighted by Gasteiger charge is -2.17. The quantitative estimate of drug-likeness (QED) is 0.864. The van der Waals surface area contributed by atoms with Crippen LogP contribution >= 0.6 is 23.4 Å². The SMILES string of the molecule is CC(C)C(C)NC(=O)CSCc1ccc(Cl)cc1F. The number of thioether (sulfide) groups is 1. The molecule has 1 aromatic rings. The summed E-state index contributed by atoms with van der Waals surface area (Å²) in [5, 5.41) is 3.30. The second-order valence-electron chi connectivity index (χ2n) is 4.83. The van der Waals surface area contributed by atoms with Crippen LogP contribution in [0.4, 0.5) is 4.39 Å². The number of rotatable bonds is 6. The largest absolute Gasteiger partial charge is 0.353 e. The van der Waals surface area contributed by atoms with Crippen LogP contribution in [0.1, 0.15) is 26.3 Å².